The van der Waals surface area contributed by atoms with Crippen LogP contribution in [0.5, 0.6) is 0 Å². The minimum Gasteiger partial charge on any atom is -0.371 e. The van der Waals surface area contributed by atoms with Crippen LogP contribution in [-0.4, -0.2) is 19.7 Å². The van der Waals surface area contributed by atoms with Gasteiger partial charge in [0.15, 0.2) is 0 Å². The molecule has 0 aromatic heterocycles. The molecule has 1 saturated heterocycles. The SMILES string of the molecule is CCc1cc(Cl)cc(C2CNCCO2)c1. The number of aryl methyl sites for hydroxylation is 1. The lowest BCUT2D eigenvalue weighted by Gasteiger charge is -2.24. The van der Waals surface area contributed by atoms with Gasteiger partial charge in [-0.1, -0.05) is 24.6 Å². The average molecular weight is 226 g/mol. The maximum atomic E-state index is 6.07. The second-order valence-corrected chi connectivity index (χ2v) is 4.25. The predicted molar refractivity (Wildman–Crippen MR) is 62.4 cm³/mol. The summed E-state index contributed by atoms with van der Waals surface area (Å²) < 4.78 is 5.70. The number of ether oxygens (including phenoxy) is 1. The van der Waals surface area contributed by atoms with Crippen molar-refractivity contribution in [2.24, 2.45) is 0 Å². The Morgan fingerprint density at radius 2 is 2.33 bits per heavy atom. The van der Waals surface area contributed by atoms with Crippen molar-refractivity contribution < 1.29 is 4.74 Å². The van der Waals surface area contributed by atoms with E-state index in [1.165, 1.54) is 11.1 Å². The molecule has 0 radical (unpaired) electrons. The Morgan fingerprint density at radius 1 is 1.47 bits per heavy atom. The summed E-state index contributed by atoms with van der Waals surface area (Å²) in [6.45, 7) is 4.73. The molecule has 2 nitrogen and oxygen atoms in total. The fourth-order valence-corrected chi connectivity index (χ4v) is 2.11. The van der Waals surface area contributed by atoms with Crippen LogP contribution >= 0.6 is 11.6 Å². The fourth-order valence-electron chi connectivity index (χ4n) is 1.84. The number of halogens is 1. The van der Waals surface area contributed by atoms with Crippen LogP contribution in [0, 0.1) is 0 Å². The van der Waals surface area contributed by atoms with Gasteiger partial charge in [-0.25, -0.2) is 0 Å². The fraction of sp³-hybridized carbons (Fsp3) is 0.500. The highest BCUT2D eigenvalue weighted by Gasteiger charge is 2.16. The first-order chi connectivity index (χ1) is 7.29. The Hall–Kier alpha value is -0.570. The van der Waals surface area contributed by atoms with Crippen molar-refractivity contribution in [1.29, 1.82) is 0 Å². The van der Waals surface area contributed by atoms with Gasteiger partial charge < -0.3 is 10.1 Å². The van der Waals surface area contributed by atoms with Crippen molar-refractivity contribution in [3.05, 3.63) is 34.3 Å². The lowest BCUT2D eigenvalue weighted by Crippen LogP contribution is -2.33. The third-order valence-corrected chi connectivity index (χ3v) is 2.91. The van der Waals surface area contributed by atoms with Crippen LogP contribution in [0.2, 0.25) is 5.02 Å². The summed E-state index contributed by atoms with van der Waals surface area (Å²) in [6.07, 6.45) is 1.16. The number of rotatable bonds is 2. The standard InChI is InChI=1S/C12H16ClNO/c1-2-9-5-10(7-11(13)6-9)12-8-14-3-4-15-12/h5-7,12,14H,2-4,8H2,1H3. The number of hydrogen-bond donors (Lipinski definition) is 1. The molecule has 15 heavy (non-hydrogen) atoms. The van der Waals surface area contributed by atoms with E-state index in [1.807, 2.05) is 12.1 Å². The molecule has 0 bridgehead atoms. The third kappa shape index (κ3) is 2.71. The molecular formula is C12H16ClNO. The van der Waals surface area contributed by atoms with E-state index in [0.29, 0.717) is 0 Å². The molecule has 0 aliphatic carbocycles. The average Bonchev–Trinajstić information content (AvgIpc) is 2.29. The molecule has 1 atom stereocenters. The lowest BCUT2D eigenvalue weighted by molar-refractivity contribution is 0.0276. The molecule has 0 amide bonds. The molecular weight excluding hydrogens is 210 g/mol. The van der Waals surface area contributed by atoms with Crippen molar-refractivity contribution in [2.45, 2.75) is 19.4 Å². The number of morpholine rings is 1. The van der Waals surface area contributed by atoms with Crippen LogP contribution in [0.1, 0.15) is 24.2 Å². The summed E-state index contributed by atoms with van der Waals surface area (Å²) in [5.41, 5.74) is 2.46. The summed E-state index contributed by atoms with van der Waals surface area (Å²) in [7, 11) is 0. The van der Waals surface area contributed by atoms with Gasteiger partial charge >= 0.3 is 0 Å². The zero-order valence-electron chi connectivity index (χ0n) is 8.92. The minimum absolute atomic E-state index is 0.155. The summed E-state index contributed by atoms with van der Waals surface area (Å²) in [5, 5.41) is 4.13. The van der Waals surface area contributed by atoms with Crippen molar-refractivity contribution in [1.82, 2.24) is 5.32 Å². The first-order valence-electron chi connectivity index (χ1n) is 5.41. The van der Waals surface area contributed by atoms with E-state index in [1.54, 1.807) is 0 Å². The first-order valence-corrected chi connectivity index (χ1v) is 5.79. The molecule has 1 aliphatic heterocycles. The molecule has 0 spiro atoms. The van der Waals surface area contributed by atoms with Gasteiger partial charge in [0.05, 0.1) is 12.7 Å². The van der Waals surface area contributed by atoms with Crippen LogP contribution in [-0.2, 0) is 11.2 Å². The smallest absolute Gasteiger partial charge is 0.0950 e. The van der Waals surface area contributed by atoms with Crippen molar-refractivity contribution in [3.8, 4) is 0 Å². The van der Waals surface area contributed by atoms with Crippen LogP contribution in [0.3, 0.4) is 0 Å². The van der Waals surface area contributed by atoms with Gasteiger partial charge in [-0.3, -0.25) is 0 Å². The van der Waals surface area contributed by atoms with Crippen molar-refractivity contribution in [3.63, 3.8) is 0 Å². The quantitative estimate of drug-likeness (QED) is 0.836. The van der Waals surface area contributed by atoms with E-state index in [0.717, 1.165) is 31.1 Å². The topological polar surface area (TPSA) is 21.3 Å². The van der Waals surface area contributed by atoms with Crippen LogP contribution in [0.25, 0.3) is 0 Å². The number of nitrogens with one attached hydrogen (secondary N) is 1. The van der Waals surface area contributed by atoms with E-state index in [4.69, 9.17) is 16.3 Å². The van der Waals surface area contributed by atoms with Crippen molar-refractivity contribution in [2.75, 3.05) is 19.7 Å². The molecule has 1 unspecified atom stereocenters. The van der Waals surface area contributed by atoms with E-state index < -0.39 is 0 Å². The Labute approximate surface area is 95.6 Å². The first kappa shape index (κ1) is 10.9. The number of benzene rings is 1. The predicted octanol–water partition coefficient (Wildman–Crippen LogP) is 2.56. The van der Waals surface area contributed by atoms with Crippen LogP contribution in [0.15, 0.2) is 18.2 Å². The summed E-state index contributed by atoms with van der Waals surface area (Å²) in [6, 6.07) is 6.20. The highest BCUT2D eigenvalue weighted by Crippen LogP contribution is 2.24. The molecule has 1 aromatic carbocycles. The van der Waals surface area contributed by atoms with E-state index >= 15 is 0 Å². The van der Waals surface area contributed by atoms with Gasteiger partial charge in [-0.2, -0.15) is 0 Å². The molecule has 2 rings (SSSR count). The van der Waals surface area contributed by atoms with E-state index in [9.17, 15) is 0 Å². The molecule has 1 fully saturated rings. The minimum atomic E-state index is 0.155. The monoisotopic (exact) mass is 225 g/mol. The molecule has 82 valence electrons. The maximum Gasteiger partial charge on any atom is 0.0950 e. The zero-order chi connectivity index (χ0) is 10.7. The highest BCUT2D eigenvalue weighted by molar-refractivity contribution is 6.30. The number of hydrogen-bond acceptors (Lipinski definition) is 2. The van der Waals surface area contributed by atoms with E-state index in [-0.39, 0.29) is 6.10 Å². The highest BCUT2D eigenvalue weighted by atomic mass is 35.5. The normalized spacial score (nSPS) is 21.6. The molecule has 1 heterocycles. The van der Waals surface area contributed by atoms with Gasteiger partial charge in [0.25, 0.3) is 0 Å². The molecule has 1 N–H and O–H groups in total. The summed E-state index contributed by atoms with van der Waals surface area (Å²) in [4.78, 5) is 0. The van der Waals surface area contributed by atoms with Gasteiger partial charge in [0.2, 0.25) is 0 Å². The molecule has 0 saturated carbocycles. The Bertz CT molecular complexity index is 334. The van der Waals surface area contributed by atoms with Gasteiger partial charge in [-0.15, -0.1) is 0 Å². The Kier molecular flexibility index (Phi) is 3.62. The Morgan fingerprint density at radius 3 is 3.00 bits per heavy atom. The molecule has 1 aromatic rings. The van der Waals surface area contributed by atoms with Gasteiger partial charge in [0.1, 0.15) is 0 Å². The summed E-state index contributed by atoms with van der Waals surface area (Å²) >= 11 is 6.07. The van der Waals surface area contributed by atoms with Crippen LogP contribution < -0.4 is 5.32 Å². The third-order valence-electron chi connectivity index (χ3n) is 2.69. The zero-order valence-corrected chi connectivity index (χ0v) is 9.68. The molecule has 3 heteroatoms. The second-order valence-electron chi connectivity index (χ2n) is 3.81. The van der Waals surface area contributed by atoms with Gasteiger partial charge in [-0.05, 0) is 29.7 Å². The maximum absolute atomic E-state index is 6.07. The Balaban J connectivity index is 2.22. The molecule has 1 aliphatic rings. The summed E-state index contributed by atoms with van der Waals surface area (Å²) in [5.74, 6) is 0. The second kappa shape index (κ2) is 4.97. The lowest BCUT2D eigenvalue weighted by atomic mass is 10.0. The largest absolute Gasteiger partial charge is 0.371 e. The van der Waals surface area contributed by atoms with Gasteiger partial charge in [0, 0.05) is 18.1 Å². The van der Waals surface area contributed by atoms with Crippen molar-refractivity contribution >= 4 is 11.6 Å². The van der Waals surface area contributed by atoms with Crippen LogP contribution in [0.4, 0.5) is 0 Å². The van der Waals surface area contributed by atoms with E-state index in [2.05, 4.69) is 18.3 Å².